The van der Waals surface area contributed by atoms with Crippen LogP contribution in [0.15, 0.2) is 36.4 Å². The van der Waals surface area contributed by atoms with Crippen molar-refractivity contribution in [3.8, 4) is 23.0 Å². The van der Waals surface area contributed by atoms with E-state index < -0.39 is 6.29 Å². The minimum atomic E-state index is -0.398. The molecule has 0 amide bonds. The lowest BCUT2D eigenvalue weighted by atomic mass is 10.2. The fourth-order valence-electron chi connectivity index (χ4n) is 2.45. The summed E-state index contributed by atoms with van der Waals surface area (Å²) in [7, 11) is 3.07. The molecule has 1 aliphatic rings. The van der Waals surface area contributed by atoms with Crippen LogP contribution in [-0.4, -0.2) is 33.7 Å². The average Bonchev–Trinajstić information content (AvgIpc) is 3.16. The quantitative estimate of drug-likeness (QED) is 0.757. The molecule has 6 heteroatoms. The normalized spacial score (nSPS) is 14.4. The largest absolute Gasteiger partial charge is 0.496 e. The summed E-state index contributed by atoms with van der Waals surface area (Å²) in [4.78, 5) is 11.0. The third-order valence-electron chi connectivity index (χ3n) is 3.64. The van der Waals surface area contributed by atoms with Gasteiger partial charge in [0.1, 0.15) is 11.5 Å². The van der Waals surface area contributed by atoms with Gasteiger partial charge in [0.05, 0.1) is 33.0 Å². The first-order chi connectivity index (χ1) is 11.7. The zero-order valence-corrected chi connectivity index (χ0v) is 13.5. The SMILES string of the molecule is COc1cc(Oc2cc(C3OCCO3)ccc2OC)ccc1C=O. The van der Waals surface area contributed by atoms with Gasteiger partial charge in [-0.1, -0.05) is 6.07 Å². The summed E-state index contributed by atoms with van der Waals surface area (Å²) in [5, 5.41) is 0. The standard InChI is InChI=1S/C18H18O6/c1-20-15-6-4-12(18-22-7-8-23-18)9-17(15)24-14-5-3-13(11-19)16(10-14)21-2/h3-6,9-11,18H,7-8H2,1-2H3. The highest BCUT2D eigenvalue weighted by molar-refractivity contribution is 5.79. The number of benzene rings is 2. The molecule has 0 saturated carbocycles. The summed E-state index contributed by atoms with van der Waals surface area (Å²) in [6.07, 6.45) is 0.337. The Morgan fingerprint density at radius 3 is 2.38 bits per heavy atom. The summed E-state index contributed by atoms with van der Waals surface area (Å²) < 4.78 is 27.5. The zero-order chi connectivity index (χ0) is 16.9. The number of hydrogen-bond acceptors (Lipinski definition) is 6. The first-order valence-corrected chi connectivity index (χ1v) is 7.47. The van der Waals surface area contributed by atoms with Crippen molar-refractivity contribution in [3.05, 3.63) is 47.5 Å². The maximum absolute atomic E-state index is 11.0. The molecule has 0 radical (unpaired) electrons. The van der Waals surface area contributed by atoms with Crippen LogP contribution >= 0.6 is 0 Å². The van der Waals surface area contributed by atoms with Gasteiger partial charge in [-0.25, -0.2) is 0 Å². The predicted molar refractivity (Wildman–Crippen MR) is 86.1 cm³/mol. The Bertz CT molecular complexity index is 721. The molecule has 1 saturated heterocycles. The second kappa shape index (κ2) is 7.33. The lowest BCUT2D eigenvalue weighted by molar-refractivity contribution is -0.0442. The Morgan fingerprint density at radius 1 is 0.958 bits per heavy atom. The molecule has 0 bridgehead atoms. The van der Waals surface area contributed by atoms with Crippen molar-refractivity contribution in [2.24, 2.45) is 0 Å². The molecule has 2 aromatic rings. The van der Waals surface area contributed by atoms with Gasteiger partial charge in [0.25, 0.3) is 0 Å². The number of carbonyl (C=O) groups is 1. The molecule has 0 aliphatic carbocycles. The number of methoxy groups -OCH3 is 2. The molecule has 126 valence electrons. The molecule has 0 aromatic heterocycles. The van der Waals surface area contributed by atoms with Gasteiger partial charge in [-0.3, -0.25) is 4.79 Å². The second-order valence-electron chi connectivity index (χ2n) is 5.11. The van der Waals surface area contributed by atoms with Gasteiger partial charge in [-0.05, 0) is 24.3 Å². The number of hydrogen-bond donors (Lipinski definition) is 0. The summed E-state index contributed by atoms with van der Waals surface area (Å²) >= 11 is 0. The zero-order valence-electron chi connectivity index (χ0n) is 13.5. The van der Waals surface area contributed by atoms with E-state index in [4.69, 9.17) is 23.7 Å². The van der Waals surface area contributed by atoms with Crippen LogP contribution in [-0.2, 0) is 9.47 Å². The van der Waals surface area contributed by atoms with E-state index in [2.05, 4.69) is 0 Å². The van der Waals surface area contributed by atoms with Crippen LogP contribution in [0.5, 0.6) is 23.0 Å². The van der Waals surface area contributed by atoms with Crippen LogP contribution < -0.4 is 14.2 Å². The lowest BCUT2D eigenvalue weighted by Gasteiger charge is -2.15. The van der Waals surface area contributed by atoms with Crippen molar-refractivity contribution < 1.29 is 28.5 Å². The lowest BCUT2D eigenvalue weighted by Crippen LogP contribution is -2.00. The number of carbonyl (C=O) groups excluding carboxylic acids is 1. The molecule has 0 unspecified atom stereocenters. The first kappa shape index (κ1) is 16.3. The van der Waals surface area contributed by atoms with Crippen LogP contribution in [0.3, 0.4) is 0 Å². The molecule has 0 N–H and O–H groups in total. The molecule has 3 rings (SSSR count). The van der Waals surface area contributed by atoms with Gasteiger partial charge in [0.2, 0.25) is 0 Å². The minimum absolute atomic E-state index is 0.398. The van der Waals surface area contributed by atoms with E-state index >= 15 is 0 Å². The molecule has 1 heterocycles. The number of aldehydes is 1. The summed E-state index contributed by atoms with van der Waals surface area (Å²) in [5.41, 5.74) is 1.30. The van der Waals surface area contributed by atoms with Gasteiger partial charge in [0, 0.05) is 11.6 Å². The molecular formula is C18H18O6. The molecule has 24 heavy (non-hydrogen) atoms. The van der Waals surface area contributed by atoms with Crippen molar-refractivity contribution >= 4 is 6.29 Å². The van der Waals surface area contributed by atoms with Crippen molar-refractivity contribution in [2.75, 3.05) is 27.4 Å². The molecular weight excluding hydrogens is 312 g/mol. The topological polar surface area (TPSA) is 63.2 Å². The maximum Gasteiger partial charge on any atom is 0.184 e. The fraction of sp³-hybridized carbons (Fsp3) is 0.278. The van der Waals surface area contributed by atoms with Crippen LogP contribution in [0, 0.1) is 0 Å². The van der Waals surface area contributed by atoms with Gasteiger partial charge in [-0.2, -0.15) is 0 Å². The van der Waals surface area contributed by atoms with Crippen LogP contribution in [0.25, 0.3) is 0 Å². The molecule has 0 atom stereocenters. The fourth-order valence-corrected chi connectivity index (χ4v) is 2.45. The molecule has 1 fully saturated rings. The summed E-state index contributed by atoms with van der Waals surface area (Å²) in [6, 6.07) is 10.5. The highest BCUT2D eigenvalue weighted by Crippen LogP contribution is 2.37. The van der Waals surface area contributed by atoms with Gasteiger partial charge in [-0.15, -0.1) is 0 Å². The highest BCUT2D eigenvalue weighted by Gasteiger charge is 2.20. The van der Waals surface area contributed by atoms with Crippen molar-refractivity contribution in [2.45, 2.75) is 6.29 Å². The summed E-state index contributed by atoms with van der Waals surface area (Å²) in [6.45, 7) is 1.13. The van der Waals surface area contributed by atoms with Gasteiger partial charge < -0.3 is 23.7 Å². The minimum Gasteiger partial charge on any atom is -0.496 e. The van der Waals surface area contributed by atoms with E-state index in [-0.39, 0.29) is 0 Å². The van der Waals surface area contributed by atoms with E-state index in [0.717, 1.165) is 11.8 Å². The van der Waals surface area contributed by atoms with E-state index in [1.807, 2.05) is 12.1 Å². The Kier molecular flexibility index (Phi) is 4.98. The first-order valence-electron chi connectivity index (χ1n) is 7.47. The third-order valence-corrected chi connectivity index (χ3v) is 3.64. The predicted octanol–water partition coefficient (Wildman–Crippen LogP) is 3.35. The van der Waals surface area contributed by atoms with Gasteiger partial charge >= 0.3 is 0 Å². The Morgan fingerprint density at radius 2 is 1.71 bits per heavy atom. The maximum atomic E-state index is 11.0. The molecule has 2 aromatic carbocycles. The highest BCUT2D eigenvalue weighted by atomic mass is 16.7. The van der Waals surface area contributed by atoms with Crippen LogP contribution in [0.2, 0.25) is 0 Å². The number of rotatable bonds is 6. The van der Waals surface area contributed by atoms with E-state index in [1.165, 1.54) is 7.11 Å². The van der Waals surface area contributed by atoms with E-state index in [1.54, 1.807) is 31.4 Å². The van der Waals surface area contributed by atoms with Gasteiger partial charge in [0.15, 0.2) is 24.1 Å². The summed E-state index contributed by atoms with van der Waals surface area (Å²) in [5.74, 6) is 2.08. The van der Waals surface area contributed by atoms with Crippen LogP contribution in [0.4, 0.5) is 0 Å². The Hall–Kier alpha value is -2.57. The molecule has 0 spiro atoms. The van der Waals surface area contributed by atoms with Crippen molar-refractivity contribution in [1.82, 2.24) is 0 Å². The van der Waals surface area contributed by atoms with E-state index in [9.17, 15) is 4.79 Å². The van der Waals surface area contributed by atoms with Crippen LogP contribution in [0.1, 0.15) is 22.2 Å². The third kappa shape index (κ3) is 3.34. The molecule has 1 aliphatic heterocycles. The number of ether oxygens (including phenoxy) is 5. The Labute approximate surface area is 139 Å². The smallest absolute Gasteiger partial charge is 0.184 e. The Balaban J connectivity index is 1.90. The van der Waals surface area contributed by atoms with Crippen molar-refractivity contribution in [1.29, 1.82) is 0 Å². The van der Waals surface area contributed by atoms with Crippen molar-refractivity contribution in [3.63, 3.8) is 0 Å². The monoisotopic (exact) mass is 330 g/mol. The second-order valence-corrected chi connectivity index (χ2v) is 5.11. The average molecular weight is 330 g/mol. The van der Waals surface area contributed by atoms with E-state index in [0.29, 0.717) is 41.8 Å². The molecule has 6 nitrogen and oxygen atoms in total.